The fourth-order valence-electron chi connectivity index (χ4n) is 2.40. The van der Waals surface area contributed by atoms with Crippen LogP contribution in [0.5, 0.6) is 5.88 Å². The fourth-order valence-corrected chi connectivity index (χ4v) is 2.40. The molecule has 0 atom stereocenters. The Bertz CT molecular complexity index is 925. The molecule has 2 aromatic heterocycles. The summed E-state index contributed by atoms with van der Waals surface area (Å²) >= 11 is 0. The minimum atomic E-state index is -4.71. The number of hydrogen-bond donors (Lipinski definition) is 0. The minimum Gasteiger partial charge on any atom is -0.481 e. The van der Waals surface area contributed by atoms with Gasteiger partial charge in [-0.05, 0) is 18.2 Å². The second-order valence-corrected chi connectivity index (χ2v) is 4.62. The first-order valence-corrected chi connectivity index (χ1v) is 6.44. The summed E-state index contributed by atoms with van der Waals surface area (Å²) in [6, 6.07) is 7.85. The molecular weight excluding hydrogens is 309 g/mol. The number of benzene rings is 1. The number of hydrogen-bond acceptors (Lipinski definition) is 4. The average molecular weight is 318 g/mol. The van der Waals surface area contributed by atoms with Crippen LogP contribution in [-0.4, -0.2) is 21.9 Å². The van der Waals surface area contributed by atoms with E-state index in [0.29, 0.717) is 16.7 Å². The second kappa shape index (κ2) is 5.28. The maximum Gasteiger partial charge on any atom is 0.434 e. The lowest BCUT2D eigenvalue weighted by Gasteiger charge is -2.13. The van der Waals surface area contributed by atoms with Crippen molar-refractivity contribution in [3.63, 3.8) is 0 Å². The normalized spacial score (nSPS) is 11.4. The first kappa shape index (κ1) is 14.8. The number of pyridine rings is 1. The highest BCUT2D eigenvalue weighted by atomic mass is 19.4. The molecule has 0 N–H and O–H groups in total. The third-order valence-electron chi connectivity index (χ3n) is 3.33. The highest BCUT2D eigenvalue weighted by Crippen LogP contribution is 2.35. The van der Waals surface area contributed by atoms with Crippen molar-refractivity contribution in [2.45, 2.75) is 6.18 Å². The monoisotopic (exact) mass is 318 g/mol. The van der Waals surface area contributed by atoms with Gasteiger partial charge in [-0.25, -0.2) is 9.67 Å². The molecule has 0 unspecified atom stereocenters. The predicted octanol–water partition coefficient (Wildman–Crippen LogP) is 3.32. The quantitative estimate of drug-likeness (QED) is 0.727. The predicted molar refractivity (Wildman–Crippen MR) is 75.1 cm³/mol. The van der Waals surface area contributed by atoms with Crippen LogP contribution in [0.3, 0.4) is 0 Å². The zero-order valence-electron chi connectivity index (χ0n) is 11.8. The number of fused-ring (bicyclic) bond motifs is 1. The summed E-state index contributed by atoms with van der Waals surface area (Å²) in [4.78, 5) is 4.03. The van der Waals surface area contributed by atoms with Gasteiger partial charge in [0.25, 0.3) is 0 Å². The van der Waals surface area contributed by atoms with Gasteiger partial charge in [-0.15, -0.1) is 0 Å². The lowest BCUT2D eigenvalue weighted by atomic mass is 10.1. The number of ether oxygens (including phenoxy) is 1. The number of halogens is 3. The molecule has 0 saturated carbocycles. The average Bonchev–Trinajstić information content (AvgIpc) is 2.97. The number of nitriles is 1. The van der Waals surface area contributed by atoms with E-state index in [9.17, 15) is 13.2 Å². The highest BCUT2D eigenvalue weighted by molar-refractivity contribution is 5.93. The maximum absolute atomic E-state index is 13.3. The molecule has 0 bridgehead atoms. The molecule has 0 aliphatic carbocycles. The molecule has 0 aliphatic heterocycles. The van der Waals surface area contributed by atoms with Gasteiger partial charge in [-0.1, -0.05) is 6.07 Å². The minimum absolute atomic E-state index is 0.192. The van der Waals surface area contributed by atoms with Gasteiger partial charge in [0.05, 0.1) is 19.0 Å². The van der Waals surface area contributed by atoms with E-state index in [2.05, 4.69) is 10.1 Å². The third-order valence-corrected chi connectivity index (χ3v) is 3.33. The van der Waals surface area contributed by atoms with Crippen molar-refractivity contribution in [1.82, 2.24) is 14.8 Å². The zero-order chi connectivity index (χ0) is 16.6. The van der Waals surface area contributed by atoms with Gasteiger partial charge in [0.1, 0.15) is 11.6 Å². The van der Waals surface area contributed by atoms with Crippen molar-refractivity contribution in [2.75, 3.05) is 7.11 Å². The largest absolute Gasteiger partial charge is 0.481 e. The Labute approximate surface area is 128 Å². The fraction of sp³-hybridized carbons (Fsp3) is 0.133. The molecule has 0 fully saturated rings. The standard InChI is InChI=1S/C15H9F3N4O/c1-23-14-11-3-2-4-12(10(11)5-6-20-14)22-13(15(16,17)18)9(7-19)8-21-22/h2-6,8H,1H3. The van der Waals surface area contributed by atoms with E-state index >= 15 is 0 Å². The number of nitrogens with zero attached hydrogens (tertiary/aromatic N) is 4. The van der Waals surface area contributed by atoms with Gasteiger partial charge >= 0.3 is 6.18 Å². The van der Waals surface area contributed by atoms with E-state index in [1.807, 2.05) is 0 Å². The van der Waals surface area contributed by atoms with Gasteiger partial charge < -0.3 is 4.74 Å². The van der Waals surface area contributed by atoms with Crippen LogP contribution in [0.2, 0.25) is 0 Å². The Morgan fingerprint density at radius 3 is 2.65 bits per heavy atom. The topological polar surface area (TPSA) is 63.7 Å². The van der Waals surface area contributed by atoms with Gasteiger partial charge in [-0.3, -0.25) is 0 Å². The van der Waals surface area contributed by atoms with E-state index in [-0.39, 0.29) is 5.69 Å². The summed E-state index contributed by atoms with van der Waals surface area (Å²) in [7, 11) is 1.43. The van der Waals surface area contributed by atoms with Crippen molar-refractivity contribution < 1.29 is 17.9 Å². The second-order valence-electron chi connectivity index (χ2n) is 4.62. The molecule has 0 radical (unpaired) electrons. The number of aromatic nitrogens is 3. The van der Waals surface area contributed by atoms with Crippen molar-refractivity contribution in [3.8, 4) is 17.6 Å². The Balaban J connectivity index is 2.35. The molecule has 5 nitrogen and oxygen atoms in total. The summed E-state index contributed by atoms with van der Waals surface area (Å²) in [6.45, 7) is 0. The van der Waals surface area contributed by atoms with Crippen molar-refractivity contribution in [2.24, 2.45) is 0 Å². The summed E-state index contributed by atoms with van der Waals surface area (Å²) in [6.07, 6.45) is -2.37. The van der Waals surface area contributed by atoms with Crippen LogP contribution in [0.1, 0.15) is 11.3 Å². The molecule has 116 valence electrons. The Morgan fingerprint density at radius 1 is 1.22 bits per heavy atom. The van der Waals surface area contributed by atoms with E-state index < -0.39 is 17.4 Å². The molecule has 23 heavy (non-hydrogen) atoms. The van der Waals surface area contributed by atoms with Gasteiger partial charge in [0.2, 0.25) is 5.88 Å². The van der Waals surface area contributed by atoms with Crippen molar-refractivity contribution in [3.05, 3.63) is 47.9 Å². The molecule has 0 aliphatic rings. The summed E-state index contributed by atoms with van der Waals surface area (Å²) in [5.74, 6) is 0.297. The first-order chi connectivity index (χ1) is 11.0. The highest BCUT2D eigenvalue weighted by Gasteiger charge is 2.39. The third kappa shape index (κ3) is 2.36. The SMILES string of the molecule is COc1nccc2c(-n3ncc(C#N)c3C(F)(F)F)cccc12. The lowest BCUT2D eigenvalue weighted by Crippen LogP contribution is -2.15. The number of alkyl halides is 3. The Morgan fingerprint density at radius 2 is 2.00 bits per heavy atom. The molecule has 0 spiro atoms. The molecule has 3 aromatic rings. The van der Waals surface area contributed by atoms with E-state index in [1.54, 1.807) is 18.2 Å². The van der Waals surface area contributed by atoms with E-state index in [0.717, 1.165) is 10.9 Å². The maximum atomic E-state index is 13.3. The van der Waals surface area contributed by atoms with E-state index in [1.165, 1.54) is 25.4 Å². The first-order valence-electron chi connectivity index (χ1n) is 6.44. The summed E-state index contributed by atoms with van der Waals surface area (Å²) in [5.41, 5.74) is -1.45. The molecular formula is C15H9F3N4O. The molecule has 2 heterocycles. The van der Waals surface area contributed by atoms with Crippen LogP contribution in [0.4, 0.5) is 13.2 Å². The van der Waals surface area contributed by atoms with Crippen LogP contribution >= 0.6 is 0 Å². The number of methoxy groups -OCH3 is 1. The summed E-state index contributed by atoms with van der Waals surface area (Å²) < 4.78 is 45.8. The molecule has 3 rings (SSSR count). The van der Waals surface area contributed by atoms with Crippen LogP contribution in [0.25, 0.3) is 16.5 Å². The zero-order valence-corrected chi connectivity index (χ0v) is 11.8. The van der Waals surface area contributed by atoms with E-state index in [4.69, 9.17) is 10.00 Å². The molecule has 0 amide bonds. The van der Waals surface area contributed by atoms with Crippen molar-refractivity contribution >= 4 is 10.8 Å². The van der Waals surface area contributed by atoms with Crippen molar-refractivity contribution in [1.29, 1.82) is 5.26 Å². The van der Waals surface area contributed by atoms with Gasteiger partial charge in [-0.2, -0.15) is 23.5 Å². The Kier molecular flexibility index (Phi) is 3.41. The van der Waals surface area contributed by atoms with Crippen LogP contribution in [0, 0.1) is 11.3 Å². The van der Waals surface area contributed by atoms with Crippen LogP contribution in [-0.2, 0) is 6.18 Å². The van der Waals surface area contributed by atoms with Gasteiger partial charge in [0.15, 0.2) is 5.69 Å². The lowest BCUT2D eigenvalue weighted by molar-refractivity contribution is -0.143. The summed E-state index contributed by atoms with van der Waals surface area (Å²) in [5, 5.41) is 13.7. The van der Waals surface area contributed by atoms with Crippen LogP contribution in [0.15, 0.2) is 36.7 Å². The Hall–Kier alpha value is -3.08. The van der Waals surface area contributed by atoms with Gasteiger partial charge in [0, 0.05) is 17.0 Å². The molecule has 1 aromatic carbocycles. The molecule has 8 heteroatoms. The smallest absolute Gasteiger partial charge is 0.434 e. The van der Waals surface area contributed by atoms with Crippen LogP contribution < -0.4 is 4.74 Å². The number of rotatable bonds is 2. The molecule has 0 saturated heterocycles.